The molecule has 44 heavy (non-hydrogen) atoms. The first-order valence-corrected chi connectivity index (χ1v) is 16.7. The van der Waals surface area contributed by atoms with Crippen LogP contribution in [0.1, 0.15) is 72.6 Å². The molecule has 0 radical (unpaired) electrons. The van der Waals surface area contributed by atoms with E-state index in [0.717, 1.165) is 18.4 Å². The summed E-state index contributed by atoms with van der Waals surface area (Å²) >= 11 is 0. The van der Waals surface area contributed by atoms with Crippen LogP contribution in [0.2, 0.25) is 0 Å². The topological polar surface area (TPSA) is 190 Å². The van der Waals surface area contributed by atoms with Crippen LogP contribution in [0.15, 0.2) is 11.6 Å². The summed E-state index contributed by atoms with van der Waals surface area (Å²) < 4.78 is 17.7. The first kappa shape index (κ1) is 33.2. The number of rotatable bonds is 7. The van der Waals surface area contributed by atoms with Crippen molar-refractivity contribution in [3.8, 4) is 0 Å². The molecule has 0 aromatic heterocycles. The normalized spacial score (nSPS) is 55.9. The molecule has 0 spiro atoms. The van der Waals surface area contributed by atoms with Gasteiger partial charge in [0.05, 0.1) is 37.6 Å². The summed E-state index contributed by atoms with van der Waals surface area (Å²) in [6.07, 6.45) is -2.34. The number of aliphatic hydroxyl groups excluding tert-OH is 7. The number of ether oxygens (including phenoxy) is 3. The van der Waals surface area contributed by atoms with E-state index in [4.69, 9.17) is 14.2 Å². The van der Waals surface area contributed by atoms with Gasteiger partial charge in [-0.25, -0.2) is 0 Å². The first-order chi connectivity index (χ1) is 20.7. The molecule has 6 aliphatic rings. The zero-order valence-electron chi connectivity index (χ0n) is 26.4. The van der Waals surface area contributed by atoms with Gasteiger partial charge >= 0.3 is 0 Å². The minimum Gasteiger partial charge on any atom is -0.394 e. The summed E-state index contributed by atoms with van der Waals surface area (Å²) in [7, 11) is 0. The van der Waals surface area contributed by atoms with E-state index >= 15 is 0 Å². The van der Waals surface area contributed by atoms with Crippen LogP contribution in [-0.2, 0) is 14.2 Å². The predicted molar refractivity (Wildman–Crippen MR) is 156 cm³/mol. The van der Waals surface area contributed by atoms with Crippen LogP contribution in [0.25, 0.3) is 0 Å². The van der Waals surface area contributed by atoms with Gasteiger partial charge in [-0.2, -0.15) is 0 Å². The van der Waals surface area contributed by atoms with Crippen LogP contribution >= 0.6 is 0 Å². The Hall–Kier alpha value is -0.700. The zero-order valence-corrected chi connectivity index (χ0v) is 26.4. The van der Waals surface area contributed by atoms with Gasteiger partial charge in [0.2, 0.25) is 0 Å². The van der Waals surface area contributed by atoms with Crippen molar-refractivity contribution in [2.24, 2.45) is 46.3 Å². The third-order valence-corrected chi connectivity index (χ3v) is 13.2. The van der Waals surface area contributed by atoms with Crippen LogP contribution in [0, 0.1) is 46.3 Å². The molecule has 8 N–H and O–H groups in total. The van der Waals surface area contributed by atoms with Gasteiger partial charge < -0.3 is 55.1 Å². The molecule has 1 unspecified atom stereocenters. The fourth-order valence-electron chi connectivity index (χ4n) is 10.8. The molecule has 0 amide bonds. The average Bonchev–Trinajstić information content (AvgIpc) is 3.39. The highest BCUT2D eigenvalue weighted by Crippen LogP contribution is 2.70. The van der Waals surface area contributed by atoms with Crippen molar-refractivity contribution in [3.05, 3.63) is 11.6 Å². The molecule has 0 bridgehead atoms. The lowest BCUT2D eigenvalue weighted by atomic mass is 9.45. The van der Waals surface area contributed by atoms with Crippen LogP contribution < -0.4 is 0 Å². The quantitative estimate of drug-likeness (QED) is 0.183. The minimum atomic E-state index is -1.50. The maximum atomic E-state index is 11.8. The lowest BCUT2D eigenvalue weighted by Gasteiger charge is -2.61. The summed E-state index contributed by atoms with van der Waals surface area (Å²) in [5, 5.41) is 84.8. The third-order valence-electron chi connectivity index (χ3n) is 13.2. The second kappa shape index (κ2) is 11.8. The van der Waals surface area contributed by atoms with E-state index in [0.29, 0.717) is 32.1 Å². The van der Waals surface area contributed by atoms with Crippen molar-refractivity contribution in [2.75, 3.05) is 13.2 Å². The number of allylic oxidation sites excluding steroid dienone is 1. The molecule has 2 heterocycles. The Labute approximate surface area is 259 Å². The molecule has 2 saturated heterocycles. The number of hydrogen-bond donors (Lipinski definition) is 8. The zero-order chi connectivity index (χ0) is 31.9. The SMILES string of the molecule is C[C@H](CC[C@@]1(O)OC2C[C@H]3[C@@H]4CC=C5C[C@@H](O)C[C@@H](O)[C@]5(C)[C@H]4[C@H](O)C[C@]3(C)[C@H]2[C@@H]1C)CO[C@@H]1O[C@H](CO)[C@@H](O)[C@H](O)[C@H]1O. The monoisotopic (exact) mass is 626 g/mol. The summed E-state index contributed by atoms with van der Waals surface area (Å²) in [6.45, 7) is 7.99. The minimum absolute atomic E-state index is 0.0485. The van der Waals surface area contributed by atoms with Crippen molar-refractivity contribution in [1.29, 1.82) is 0 Å². The standard InChI is InChI=1S/C33H54O11/c1-15(14-42-30-29(40)28(39)27(38)23(13-34)43-30)7-8-33(41)16(2)25-22(44-33)11-20-19-6-5-17-9-18(35)10-24(37)32(17,4)26(19)21(36)12-31(20,25)3/h5,15-16,18-30,34-41H,6-14H2,1-4H3/t15-,16+,18-,19+,20+,21-,22?,23-,24-,25+,26-,27-,28+,29-,30-,31+,32-,33-/m1/s1. The largest absolute Gasteiger partial charge is 0.394 e. The highest BCUT2D eigenvalue weighted by molar-refractivity contribution is 5.29. The second-order valence-corrected chi connectivity index (χ2v) is 15.7. The molecule has 5 fully saturated rings. The second-order valence-electron chi connectivity index (χ2n) is 15.7. The fourth-order valence-corrected chi connectivity index (χ4v) is 10.8. The van der Waals surface area contributed by atoms with Gasteiger partial charge in [-0.1, -0.05) is 39.3 Å². The highest BCUT2D eigenvalue weighted by atomic mass is 16.7. The fraction of sp³-hybridized carbons (Fsp3) is 0.939. The Morgan fingerprint density at radius 2 is 1.75 bits per heavy atom. The number of fused-ring (bicyclic) bond motifs is 7. The van der Waals surface area contributed by atoms with Gasteiger partial charge in [-0.3, -0.25) is 0 Å². The smallest absolute Gasteiger partial charge is 0.186 e. The summed E-state index contributed by atoms with van der Waals surface area (Å²) in [6, 6.07) is 0. The van der Waals surface area contributed by atoms with Crippen LogP contribution in [0.4, 0.5) is 0 Å². The van der Waals surface area contributed by atoms with Gasteiger partial charge in [-0.05, 0) is 67.1 Å². The van der Waals surface area contributed by atoms with Crippen molar-refractivity contribution >= 4 is 0 Å². The molecule has 11 heteroatoms. The maximum absolute atomic E-state index is 11.8. The predicted octanol–water partition coefficient (Wildman–Crippen LogP) is 0.434. The Morgan fingerprint density at radius 3 is 2.45 bits per heavy atom. The van der Waals surface area contributed by atoms with E-state index < -0.39 is 66.8 Å². The van der Waals surface area contributed by atoms with E-state index in [2.05, 4.69) is 26.8 Å². The lowest BCUT2D eigenvalue weighted by Crippen LogP contribution is -2.60. The Morgan fingerprint density at radius 1 is 1.02 bits per heavy atom. The molecule has 18 atom stereocenters. The van der Waals surface area contributed by atoms with Crippen LogP contribution in [-0.4, -0.2) is 115 Å². The summed E-state index contributed by atoms with van der Waals surface area (Å²) in [5.41, 5.74) is 0.296. The van der Waals surface area contributed by atoms with E-state index in [1.165, 1.54) is 0 Å². The Bertz CT molecular complexity index is 1090. The molecular weight excluding hydrogens is 572 g/mol. The number of hydrogen-bond acceptors (Lipinski definition) is 11. The molecule has 3 saturated carbocycles. The number of aliphatic hydroxyl groups is 8. The van der Waals surface area contributed by atoms with Gasteiger partial charge in [-0.15, -0.1) is 0 Å². The van der Waals surface area contributed by atoms with Crippen LogP contribution in [0.3, 0.4) is 0 Å². The average molecular weight is 627 g/mol. The molecule has 252 valence electrons. The Kier molecular flexibility index (Phi) is 8.88. The molecule has 6 rings (SSSR count). The lowest BCUT2D eigenvalue weighted by molar-refractivity contribution is -0.303. The summed E-state index contributed by atoms with van der Waals surface area (Å²) in [4.78, 5) is 0. The van der Waals surface area contributed by atoms with Gasteiger partial charge in [0.25, 0.3) is 0 Å². The van der Waals surface area contributed by atoms with Gasteiger partial charge in [0.1, 0.15) is 24.4 Å². The van der Waals surface area contributed by atoms with E-state index in [1.54, 1.807) is 0 Å². The molecule has 0 aromatic rings. The molecular formula is C33H54O11. The first-order valence-electron chi connectivity index (χ1n) is 16.7. The molecule has 0 aromatic carbocycles. The maximum Gasteiger partial charge on any atom is 0.186 e. The third kappa shape index (κ3) is 5.05. The van der Waals surface area contributed by atoms with Crippen LogP contribution in [0.5, 0.6) is 0 Å². The van der Waals surface area contributed by atoms with Crippen molar-refractivity contribution in [1.82, 2.24) is 0 Å². The Balaban J connectivity index is 1.10. The van der Waals surface area contributed by atoms with Crippen molar-refractivity contribution in [2.45, 2.75) is 134 Å². The molecule has 2 aliphatic heterocycles. The van der Waals surface area contributed by atoms with E-state index in [1.807, 2.05) is 6.92 Å². The highest BCUT2D eigenvalue weighted by Gasteiger charge is 2.70. The van der Waals surface area contributed by atoms with E-state index in [9.17, 15) is 40.9 Å². The van der Waals surface area contributed by atoms with E-state index in [-0.39, 0.29) is 53.6 Å². The van der Waals surface area contributed by atoms with Crippen molar-refractivity contribution < 1.29 is 55.1 Å². The van der Waals surface area contributed by atoms with Gasteiger partial charge in [0.15, 0.2) is 12.1 Å². The summed E-state index contributed by atoms with van der Waals surface area (Å²) in [5.74, 6) is -1.07. The molecule has 11 nitrogen and oxygen atoms in total. The van der Waals surface area contributed by atoms with Crippen molar-refractivity contribution in [3.63, 3.8) is 0 Å². The van der Waals surface area contributed by atoms with Gasteiger partial charge in [0, 0.05) is 24.2 Å². The molecule has 4 aliphatic carbocycles.